The van der Waals surface area contributed by atoms with Crippen molar-refractivity contribution in [3.8, 4) is 0 Å². The molecule has 29 heavy (non-hydrogen) atoms. The lowest BCUT2D eigenvalue weighted by Crippen LogP contribution is -2.48. The molecule has 4 rings (SSSR count). The van der Waals surface area contributed by atoms with Crippen molar-refractivity contribution in [3.05, 3.63) is 96.1 Å². The summed E-state index contributed by atoms with van der Waals surface area (Å²) < 4.78 is 0. The fourth-order valence-corrected chi connectivity index (χ4v) is 4.11. The van der Waals surface area contributed by atoms with Gasteiger partial charge in [-0.25, -0.2) is 0 Å². The SMILES string of the molecule is CC(C)N1CCN(c2cccc(NC(c3ccccc3)c3ccccc3)c2)CC1. The Morgan fingerprint density at radius 3 is 1.83 bits per heavy atom. The lowest BCUT2D eigenvalue weighted by atomic mass is 9.98. The minimum Gasteiger partial charge on any atom is -0.374 e. The summed E-state index contributed by atoms with van der Waals surface area (Å²) in [6, 6.07) is 31.0. The summed E-state index contributed by atoms with van der Waals surface area (Å²) in [7, 11) is 0. The number of benzene rings is 3. The van der Waals surface area contributed by atoms with Gasteiger partial charge in [-0.05, 0) is 43.2 Å². The Kier molecular flexibility index (Phi) is 6.16. The fraction of sp³-hybridized carbons (Fsp3) is 0.308. The number of anilines is 2. The van der Waals surface area contributed by atoms with Crippen molar-refractivity contribution >= 4 is 11.4 Å². The molecule has 0 aliphatic carbocycles. The van der Waals surface area contributed by atoms with E-state index in [0.29, 0.717) is 6.04 Å². The first-order valence-electron chi connectivity index (χ1n) is 10.7. The average Bonchev–Trinajstić information content (AvgIpc) is 2.79. The van der Waals surface area contributed by atoms with Gasteiger partial charge >= 0.3 is 0 Å². The molecule has 1 fully saturated rings. The molecule has 0 bridgehead atoms. The Bertz CT molecular complexity index is 845. The van der Waals surface area contributed by atoms with Gasteiger partial charge in [0.25, 0.3) is 0 Å². The van der Waals surface area contributed by atoms with E-state index in [0.717, 1.165) is 31.9 Å². The quantitative estimate of drug-likeness (QED) is 0.611. The zero-order valence-electron chi connectivity index (χ0n) is 17.5. The monoisotopic (exact) mass is 385 g/mol. The van der Waals surface area contributed by atoms with Crippen LogP contribution in [0.25, 0.3) is 0 Å². The van der Waals surface area contributed by atoms with Crippen LogP contribution < -0.4 is 10.2 Å². The number of hydrogen-bond donors (Lipinski definition) is 1. The number of nitrogens with zero attached hydrogens (tertiary/aromatic N) is 2. The summed E-state index contributed by atoms with van der Waals surface area (Å²) >= 11 is 0. The molecule has 3 heteroatoms. The molecule has 0 radical (unpaired) electrons. The predicted molar refractivity (Wildman–Crippen MR) is 124 cm³/mol. The molecule has 3 nitrogen and oxygen atoms in total. The molecule has 0 aromatic heterocycles. The van der Waals surface area contributed by atoms with Gasteiger partial charge in [0.2, 0.25) is 0 Å². The van der Waals surface area contributed by atoms with Crippen molar-refractivity contribution < 1.29 is 0 Å². The zero-order valence-corrected chi connectivity index (χ0v) is 17.5. The van der Waals surface area contributed by atoms with Crippen LogP contribution >= 0.6 is 0 Å². The second-order valence-electron chi connectivity index (χ2n) is 8.07. The van der Waals surface area contributed by atoms with Crippen molar-refractivity contribution in [2.45, 2.75) is 25.9 Å². The average molecular weight is 386 g/mol. The molecule has 1 N–H and O–H groups in total. The maximum absolute atomic E-state index is 3.78. The van der Waals surface area contributed by atoms with Gasteiger partial charge in [-0.1, -0.05) is 66.7 Å². The number of nitrogens with one attached hydrogen (secondary N) is 1. The number of piperazine rings is 1. The molecule has 0 saturated carbocycles. The van der Waals surface area contributed by atoms with Crippen LogP contribution in [0.2, 0.25) is 0 Å². The second-order valence-corrected chi connectivity index (χ2v) is 8.07. The van der Waals surface area contributed by atoms with Gasteiger partial charge in [-0.2, -0.15) is 0 Å². The Morgan fingerprint density at radius 1 is 0.690 bits per heavy atom. The highest BCUT2D eigenvalue weighted by molar-refractivity contribution is 5.60. The molecule has 1 heterocycles. The molecule has 3 aromatic rings. The second kappa shape index (κ2) is 9.15. The maximum atomic E-state index is 3.78. The van der Waals surface area contributed by atoms with Gasteiger partial charge in [0, 0.05) is 43.6 Å². The molecule has 0 unspecified atom stereocenters. The van der Waals surface area contributed by atoms with Gasteiger partial charge < -0.3 is 10.2 Å². The van der Waals surface area contributed by atoms with E-state index in [-0.39, 0.29) is 6.04 Å². The minimum atomic E-state index is 0.130. The number of rotatable bonds is 6. The predicted octanol–water partition coefficient (Wildman–Crippen LogP) is 5.42. The van der Waals surface area contributed by atoms with Crippen LogP contribution in [-0.2, 0) is 0 Å². The summed E-state index contributed by atoms with van der Waals surface area (Å²) in [5.41, 5.74) is 5.01. The van der Waals surface area contributed by atoms with E-state index in [9.17, 15) is 0 Å². The molecule has 0 amide bonds. The Labute approximate surface area is 175 Å². The largest absolute Gasteiger partial charge is 0.374 e. The van der Waals surface area contributed by atoms with Crippen LogP contribution in [0.4, 0.5) is 11.4 Å². The van der Waals surface area contributed by atoms with Crippen molar-refractivity contribution in [3.63, 3.8) is 0 Å². The molecule has 0 atom stereocenters. The summed E-state index contributed by atoms with van der Waals surface area (Å²) in [4.78, 5) is 5.06. The minimum absolute atomic E-state index is 0.130. The van der Waals surface area contributed by atoms with Gasteiger partial charge in [0.1, 0.15) is 0 Å². The van der Waals surface area contributed by atoms with Gasteiger partial charge in [0.05, 0.1) is 6.04 Å². The van der Waals surface area contributed by atoms with Crippen LogP contribution in [0.1, 0.15) is 31.0 Å². The standard InChI is InChI=1S/C26H31N3/c1-21(2)28-16-18-29(19-17-28)25-15-9-14-24(20-25)27-26(22-10-5-3-6-11-22)23-12-7-4-8-13-23/h3-15,20-21,26-27H,16-19H2,1-2H3. The van der Waals surface area contributed by atoms with E-state index in [1.807, 2.05) is 0 Å². The molecule has 150 valence electrons. The van der Waals surface area contributed by atoms with Crippen LogP contribution in [-0.4, -0.2) is 37.1 Å². The third kappa shape index (κ3) is 4.80. The summed E-state index contributed by atoms with van der Waals surface area (Å²) in [6.07, 6.45) is 0. The molecule has 1 aliphatic rings. The Balaban J connectivity index is 1.54. The molecule has 1 saturated heterocycles. The van der Waals surface area contributed by atoms with Crippen LogP contribution in [0.3, 0.4) is 0 Å². The van der Waals surface area contributed by atoms with Crippen LogP contribution in [0.5, 0.6) is 0 Å². The van der Waals surface area contributed by atoms with Gasteiger partial charge in [-0.15, -0.1) is 0 Å². The van der Waals surface area contributed by atoms with E-state index in [2.05, 4.69) is 114 Å². The normalized spacial score (nSPS) is 15.1. The van der Waals surface area contributed by atoms with E-state index < -0.39 is 0 Å². The van der Waals surface area contributed by atoms with E-state index >= 15 is 0 Å². The maximum Gasteiger partial charge on any atom is 0.0767 e. The van der Waals surface area contributed by atoms with Crippen LogP contribution in [0, 0.1) is 0 Å². The molecule has 3 aromatic carbocycles. The number of hydrogen-bond acceptors (Lipinski definition) is 3. The first-order chi connectivity index (χ1) is 14.2. The zero-order chi connectivity index (χ0) is 20.1. The summed E-state index contributed by atoms with van der Waals surface area (Å²) in [6.45, 7) is 9.00. The third-order valence-electron chi connectivity index (χ3n) is 5.83. The highest BCUT2D eigenvalue weighted by Gasteiger charge is 2.19. The van der Waals surface area contributed by atoms with Gasteiger partial charge in [0.15, 0.2) is 0 Å². The topological polar surface area (TPSA) is 18.5 Å². The molecular formula is C26H31N3. The van der Waals surface area contributed by atoms with Gasteiger partial charge in [-0.3, -0.25) is 4.90 Å². The highest BCUT2D eigenvalue weighted by atomic mass is 15.3. The molecule has 0 spiro atoms. The van der Waals surface area contributed by atoms with E-state index in [1.54, 1.807) is 0 Å². The lowest BCUT2D eigenvalue weighted by molar-refractivity contribution is 0.209. The Hall–Kier alpha value is -2.78. The van der Waals surface area contributed by atoms with Crippen molar-refractivity contribution in [2.75, 3.05) is 36.4 Å². The van der Waals surface area contributed by atoms with Crippen LogP contribution in [0.15, 0.2) is 84.9 Å². The first-order valence-corrected chi connectivity index (χ1v) is 10.7. The smallest absolute Gasteiger partial charge is 0.0767 e. The highest BCUT2D eigenvalue weighted by Crippen LogP contribution is 2.29. The van der Waals surface area contributed by atoms with Crippen molar-refractivity contribution in [2.24, 2.45) is 0 Å². The molecular weight excluding hydrogens is 354 g/mol. The summed E-state index contributed by atoms with van der Waals surface area (Å²) in [5.74, 6) is 0. The van der Waals surface area contributed by atoms with E-state index in [1.165, 1.54) is 16.8 Å². The lowest BCUT2D eigenvalue weighted by Gasteiger charge is -2.38. The third-order valence-corrected chi connectivity index (χ3v) is 5.83. The summed E-state index contributed by atoms with van der Waals surface area (Å²) in [5, 5.41) is 3.78. The fourth-order valence-electron chi connectivity index (χ4n) is 4.11. The first kappa shape index (κ1) is 19.5. The molecule has 1 aliphatic heterocycles. The van der Waals surface area contributed by atoms with E-state index in [4.69, 9.17) is 0 Å². The van der Waals surface area contributed by atoms with Crippen molar-refractivity contribution in [1.82, 2.24) is 4.90 Å². The Morgan fingerprint density at radius 2 is 1.28 bits per heavy atom. The van der Waals surface area contributed by atoms with Crippen molar-refractivity contribution in [1.29, 1.82) is 0 Å².